The molecule has 84 valence electrons. The number of hydrogen-bond acceptors (Lipinski definition) is 4. The second-order valence-corrected chi connectivity index (χ2v) is 4.85. The molecular weight excluding hydrogens is 218 g/mol. The number of aromatic nitrogens is 1. The zero-order valence-corrected chi connectivity index (χ0v) is 9.78. The van der Waals surface area contributed by atoms with Crippen molar-refractivity contribution >= 4 is 17.0 Å². The maximum atomic E-state index is 6.09. The van der Waals surface area contributed by atoms with Crippen LogP contribution in [0.25, 0.3) is 0 Å². The first-order valence-corrected chi connectivity index (χ1v) is 6.10. The summed E-state index contributed by atoms with van der Waals surface area (Å²) in [7, 11) is 0. The zero-order chi connectivity index (χ0) is 11.4. The first kappa shape index (κ1) is 11.1. The second kappa shape index (κ2) is 5.09. The minimum absolute atomic E-state index is 0.102. The highest BCUT2D eigenvalue weighted by Gasteiger charge is 2.08. The van der Waals surface area contributed by atoms with Crippen LogP contribution in [0.1, 0.15) is 10.4 Å². The van der Waals surface area contributed by atoms with Gasteiger partial charge in [-0.1, -0.05) is 6.07 Å². The monoisotopic (exact) mass is 233 g/mol. The smallest absolute Gasteiger partial charge is 0.0378 e. The molecule has 1 unspecified atom stereocenters. The van der Waals surface area contributed by atoms with E-state index < -0.39 is 0 Å². The Balaban J connectivity index is 1.97. The normalized spacial score (nSPS) is 12.6. The first-order chi connectivity index (χ1) is 7.75. The van der Waals surface area contributed by atoms with E-state index >= 15 is 0 Å². The summed E-state index contributed by atoms with van der Waals surface area (Å²) < 4.78 is 0. The van der Waals surface area contributed by atoms with Crippen molar-refractivity contribution in [2.24, 2.45) is 5.73 Å². The summed E-state index contributed by atoms with van der Waals surface area (Å²) in [6, 6.07) is 6.07. The van der Waals surface area contributed by atoms with Crippen molar-refractivity contribution in [2.45, 2.75) is 18.9 Å². The van der Waals surface area contributed by atoms with E-state index in [1.54, 1.807) is 23.7 Å². The molecule has 16 heavy (non-hydrogen) atoms. The number of nitrogen functional groups attached to an aromatic ring is 1. The highest BCUT2D eigenvalue weighted by molar-refractivity contribution is 7.09. The Labute approximate surface area is 99.1 Å². The molecule has 0 saturated carbocycles. The van der Waals surface area contributed by atoms with Crippen molar-refractivity contribution in [1.29, 1.82) is 0 Å². The molecule has 0 radical (unpaired) electrons. The molecule has 4 heteroatoms. The van der Waals surface area contributed by atoms with Gasteiger partial charge >= 0.3 is 0 Å². The van der Waals surface area contributed by atoms with Crippen LogP contribution in [-0.4, -0.2) is 11.0 Å². The van der Waals surface area contributed by atoms with E-state index in [0.717, 1.165) is 24.1 Å². The summed E-state index contributed by atoms with van der Waals surface area (Å²) in [5.41, 5.74) is 13.7. The van der Waals surface area contributed by atoms with E-state index in [-0.39, 0.29) is 6.04 Å². The SMILES string of the molecule is Nc1ccncc1CC(N)Cc1cccs1. The lowest BCUT2D eigenvalue weighted by Crippen LogP contribution is -2.25. The van der Waals surface area contributed by atoms with Gasteiger partial charge in [0.1, 0.15) is 0 Å². The number of rotatable bonds is 4. The molecule has 0 saturated heterocycles. The maximum absolute atomic E-state index is 6.09. The van der Waals surface area contributed by atoms with Crippen LogP contribution < -0.4 is 11.5 Å². The van der Waals surface area contributed by atoms with Gasteiger partial charge in [-0.05, 0) is 35.9 Å². The summed E-state index contributed by atoms with van der Waals surface area (Å²) in [6.45, 7) is 0. The van der Waals surface area contributed by atoms with Crippen LogP contribution in [0, 0.1) is 0 Å². The van der Waals surface area contributed by atoms with Gasteiger partial charge in [0.05, 0.1) is 0 Å². The second-order valence-electron chi connectivity index (χ2n) is 3.82. The Morgan fingerprint density at radius 2 is 2.19 bits per heavy atom. The van der Waals surface area contributed by atoms with E-state index in [9.17, 15) is 0 Å². The molecule has 3 nitrogen and oxygen atoms in total. The lowest BCUT2D eigenvalue weighted by Gasteiger charge is -2.11. The minimum atomic E-state index is 0.102. The predicted octanol–water partition coefficient (Wildman–Crippen LogP) is 1.84. The molecule has 1 atom stereocenters. The molecule has 2 aromatic rings. The number of thiophene rings is 1. The third kappa shape index (κ3) is 2.81. The third-order valence-corrected chi connectivity index (χ3v) is 3.37. The molecule has 0 amide bonds. The van der Waals surface area contributed by atoms with Crippen molar-refractivity contribution in [3.63, 3.8) is 0 Å². The lowest BCUT2D eigenvalue weighted by molar-refractivity contribution is 0.670. The number of anilines is 1. The predicted molar refractivity (Wildman–Crippen MR) is 68.4 cm³/mol. The molecule has 0 spiro atoms. The van der Waals surface area contributed by atoms with Crippen LogP contribution in [0.3, 0.4) is 0 Å². The highest BCUT2D eigenvalue weighted by Crippen LogP contribution is 2.15. The minimum Gasteiger partial charge on any atom is -0.398 e. The van der Waals surface area contributed by atoms with Gasteiger partial charge in [-0.3, -0.25) is 4.98 Å². The lowest BCUT2D eigenvalue weighted by atomic mass is 10.0. The Morgan fingerprint density at radius 3 is 2.88 bits per heavy atom. The Kier molecular flexibility index (Phi) is 3.54. The van der Waals surface area contributed by atoms with E-state index in [1.165, 1.54) is 4.88 Å². The van der Waals surface area contributed by atoms with Crippen molar-refractivity contribution in [3.8, 4) is 0 Å². The van der Waals surface area contributed by atoms with E-state index in [4.69, 9.17) is 11.5 Å². The van der Waals surface area contributed by atoms with Gasteiger partial charge in [-0.15, -0.1) is 11.3 Å². The number of pyridine rings is 1. The van der Waals surface area contributed by atoms with Crippen LogP contribution in [0.4, 0.5) is 5.69 Å². The topological polar surface area (TPSA) is 64.9 Å². The summed E-state index contributed by atoms with van der Waals surface area (Å²) in [5.74, 6) is 0. The van der Waals surface area contributed by atoms with Crippen LogP contribution >= 0.6 is 11.3 Å². The third-order valence-electron chi connectivity index (χ3n) is 2.47. The molecule has 0 aliphatic rings. The largest absolute Gasteiger partial charge is 0.398 e. The number of nitrogens with zero attached hydrogens (tertiary/aromatic N) is 1. The quantitative estimate of drug-likeness (QED) is 0.847. The van der Waals surface area contributed by atoms with Crippen LogP contribution in [0.15, 0.2) is 36.0 Å². The van der Waals surface area contributed by atoms with E-state index in [0.29, 0.717) is 0 Å². The van der Waals surface area contributed by atoms with Crippen LogP contribution in [-0.2, 0) is 12.8 Å². The molecule has 2 heterocycles. The first-order valence-electron chi connectivity index (χ1n) is 5.22. The maximum Gasteiger partial charge on any atom is 0.0378 e. The van der Waals surface area contributed by atoms with E-state index in [1.807, 2.05) is 12.1 Å². The standard InChI is InChI=1S/C12H15N3S/c13-10(7-11-2-1-5-16-11)6-9-8-15-4-3-12(9)14/h1-5,8,10H,6-7,13H2,(H2,14,15). The molecule has 0 bridgehead atoms. The average Bonchev–Trinajstić information content (AvgIpc) is 2.74. The molecule has 0 aliphatic carbocycles. The molecule has 2 rings (SSSR count). The molecule has 2 aromatic heterocycles. The summed E-state index contributed by atoms with van der Waals surface area (Å²) in [4.78, 5) is 5.38. The van der Waals surface area contributed by atoms with Gasteiger partial charge in [0.25, 0.3) is 0 Å². The molecule has 0 aliphatic heterocycles. The van der Waals surface area contributed by atoms with Gasteiger partial charge in [0.2, 0.25) is 0 Å². The Hall–Kier alpha value is -1.39. The van der Waals surface area contributed by atoms with Crippen LogP contribution in [0.5, 0.6) is 0 Å². The highest BCUT2D eigenvalue weighted by atomic mass is 32.1. The van der Waals surface area contributed by atoms with Crippen molar-refractivity contribution in [1.82, 2.24) is 4.98 Å². The summed E-state index contributed by atoms with van der Waals surface area (Å²) in [5, 5.41) is 2.07. The average molecular weight is 233 g/mol. The Morgan fingerprint density at radius 1 is 1.31 bits per heavy atom. The summed E-state index contributed by atoms with van der Waals surface area (Å²) >= 11 is 1.74. The fraction of sp³-hybridized carbons (Fsp3) is 0.250. The number of nitrogens with two attached hydrogens (primary N) is 2. The van der Waals surface area contributed by atoms with Gasteiger partial charge < -0.3 is 11.5 Å². The molecule has 4 N–H and O–H groups in total. The van der Waals surface area contributed by atoms with Crippen molar-refractivity contribution in [2.75, 3.05) is 5.73 Å². The molecular formula is C12H15N3S. The fourth-order valence-electron chi connectivity index (χ4n) is 1.65. The van der Waals surface area contributed by atoms with Gasteiger partial charge in [-0.2, -0.15) is 0 Å². The summed E-state index contributed by atoms with van der Waals surface area (Å²) in [6.07, 6.45) is 5.16. The zero-order valence-electron chi connectivity index (χ0n) is 8.97. The number of hydrogen-bond donors (Lipinski definition) is 2. The Bertz CT molecular complexity index is 439. The van der Waals surface area contributed by atoms with Crippen molar-refractivity contribution < 1.29 is 0 Å². The fourth-order valence-corrected chi connectivity index (χ4v) is 2.45. The van der Waals surface area contributed by atoms with Gasteiger partial charge in [0, 0.05) is 29.0 Å². The van der Waals surface area contributed by atoms with E-state index in [2.05, 4.69) is 16.4 Å². The van der Waals surface area contributed by atoms with Crippen molar-refractivity contribution in [3.05, 3.63) is 46.4 Å². The van der Waals surface area contributed by atoms with Gasteiger partial charge in [-0.25, -0.2) is 0 Å². The van der Waals surface area contributed by atoms with Gasteiger partial charge in [0.15, 0.2) is 0 Å². The molecule has 0 fully saturated rings. The molecule has 0 aromatic carbocycles. The van der Waals surface area contributed by atoms with Crippen LogP contribution in [0.2, 0.25) is 0 Å².